The molecule has 1 N–H and O–H groups in total. The van der Waals surface area contributed by atoms with Crippen molar-refractivity contribution in [1.29, 1.82) is 0 Å². The molecule has 2 aliphatic rings. The molecule has 1 aliphatic carbocycles. The summed E-state index contributed by atoms with van der Waals surface area (Å²) in [7, 11) is 0. The molecular weight excluding hydrogens is 458 g/mol. The van der Waals surface area contributed by atoms with Crippen LogP contribution in [0.1, 0.15) is 49.4 Å². The molecule has 0 radical (unpaired) electrons. The zero-order valence-corrected chi connectivity index (χ0v) is 19.6. The highest BCUT2D eigenvalue weighted by molar-refractivity contribution is 6.30. The number of urea groups is 1. The van der Waals surface area contributed by atoms with E-state index in [0.29, 0.717) is 22.0 Å². The minimum Gasteiger partial charge on any atom is -0.462 e. The summed E-state index contributed by atoms with van der Waals surface area (Å²) in [4.78, 5) is 54.3. The number of imide groups is 1. The first-order valence-corrected chi connectivity index (χ1v) is 11.8. The Morgan fingerprint density at radius 3 is 2.47 bits per heavy atom. The summed E-state index contributed by atoms with van der Waals surface area (Å²) in [5, 5.41) is 3.24. The number of esters is 1. The molecule has 1 unspecified atom stereocenters. The van der Waals surface area contributed by atoms with E-state index in [0.717, 1.165) is 30.6 Å². The highest BCUT2D eigenvalue weighted by atomic mass is 35.5. The minimum absolute atomic E-state index is 0.0845. The minimum atomic E-state index is -0.903. The summed E-state index contributed by atoms with van der Waals surface area (Å²) < 4.78 is 5.00. The maximum absolute atomic E-state index is 13.4. The van der Waals surface area contributed by atoms with E-state index in [4.69, 9.17) is 16.3 Å². The van der Waals surface area contributed by atoms with Gasteiger partial charge >= 0.3 is 12.0 Å². The number of carbonyl (C=O) groups excluding carboxylic acids is 4. The normalized spacial score (nSPS) is 18.5. The molecule has 1 saturated carbocycles. The first-order chi connectivity index (χ1) is 16.4. The number of nitrogens with one attached hydrogen (secondary N) is 1. The maximum atomic E-state index is 13.4. The van der Waals surface area contributed by atoms with E-state index in [1.54, 1.807) is 54.3 Å². The first-order valence-electron chi connectivity index (χ1n) is 11.4. The van der Waals surface area contributed by atoms with Crippen LogP contribution in [-0.2, 0) is 14.3 Å². The average molecular weight is 484 g/mol. The van der Waals surface area contributed by atoms with Crippen LogP contribution in [0.3, 0.4) is 0 Å². The van der Waals surface area contributed by atoms with Crippen LogP contribution in [0, 0.1) is 0 Å². The number of rotatable bonds is 7. The van der Waals surface area contributed by atoms with Crippen molar-refractivity contribution in [1.82, 2.24) is 4.90 Å². The third kappa shape index (κ3) is 4.92. The molecule has 1 saturated heterocycles. The van der Waals surface area contributed by atoms with E-state index in [1.807, 2.05) is 0 Å². The molecule has 8 nitrogen and oxygen atoms in total. The van der Waals surface area contributed by atoms with Gasteiger partial charge in [-0.15, -0.1) is 0 Å². The van der Waals surface area contributed by atoms with Gasteiger partial charge in [-0.3, -0.25) is 9.59 Å². The van der Waals surface area contributed by atoms with Crippen molar-refractivity contribution in [3.8, 4) is 0 Å². The van der Waals surface area contributed by atoms with Gasteiger partial charge in [-0.2, -0.15) is 0 Å². The van der Waals surface area contributed by atoms with Gasteiger partial charge in [-0.25, -0.2) is 14.5 Å². The van der Waals surface area contributed by atoms with Gasteiger partial charge in [0.25, 0.3) is 5.91 Å². The maximum Gasteiger partial charge on any atom is 0.338 e. The van der Waals surface area contributed by atoms with Gasteiger partial charge in [0.2, 0.25) is 5.91 Å². The molecule has 178 valence electrons. The molecule has 1 aliphatic heterocycles. The number of benzene rings is 2. The zero-order valence-electron chi connectivity index (χ0n) is 18.8. The van der Waals surface area contributed by atoms with Crippen LogP contribution in [0.2, 0.25) is 5.02 Å². The zero-order chi connectivity index (χ0) is 24.2. The summed E-state index contributed by atoms with van der Waals surface area (Å²) in [6.45, 7) is 1.96. The molecule has 4 amide bonds. The Morgan fingerprint density at radius 1 is 1.09 bits per heavy atom. The quantitative estimate of drug-likeness (QED) is 0.457. The Labute approximate surface area is 202 Å². The second-order valence-electron chi connectivity index (χ2n) is 8.35. The number of carbonyl (C=O) groups is 4. The largest absolute Gasteiger partial charge is 0.462 e. The number of halogens is 1. The van der Waals surface area contributed by atoms with Crippen LogP contribution in [-0.4, -0.2) is 47.4 Å². The van der Waals surface area contributed by atoms with Gasteiger partial charge in [-0.05, 0) is 62.2 Å². The van der Waals surface area contributed by atoms with Crippen LogP contribution in [0.15, 0.2) is 48.5 Å². The number of amides is 4. The van der Waals surface area contributed by atoms with Gasteiger partial charge in [0, 0.05) is 16.8 Å². The van der Waals surface area contributed by atoms with Crippen molar-refractivity contribution in [3.63, 3.8) is 0 Å². The monoisotopic (exact) mass is 483 g/mol. The topological polar surface area (TPSA) is 96.0 Å². The molecule has 2 aromatic rings. The van der Waals surface area contributed by atoms with E-state index in [9.17, 15) is 19.2 Å². The SMILES string of the molecule is CCOC(=O)c1cccc(NC(=O)CC2C(=O)N(c3ccc(Cl)cc3)C(=O)N2C2CCCC2)c1. The third-order valence-corrected chi connectivity index (χ3v) is 6.34. The number of anilines is 2. The predicted molar refractivity (Wildman–Crippen MR) is 128 cm³/mol. The van der Waals surface area contributed by atoms with Gasteiger partial charge < -0.3 is 15.0 Å². The molecule has 0 aromatic heterocycles. The van der Waals surface area contributed by atoms with Crippen molar-refractivity contribution in [2.24, 2.45) is 0 Å². The number of hydrogen-bond acceptors (Lipinski definition) is 5. The molecule has 1 heterocycles. The van der Waals surface area contributed by atoms with E-state index < -0.39 is 29.9 Å². The molecule has 9 heteroatoms. The summed E-state index contributed by atoms with van der Waals surface area (Å²) >= 11 is 5.97. The van der Waals surface area contributed by atoms with Crippen molar-refractivity contribution >= 4 is 46.8 Å². The lowest BCUT2D eigenvalue weighted by atomic mass is 10.1. The molecule has 0 bridgehead atoms. The Morgan fingerprint density at radius 2 is 1.79 bits per heavy atom. The van der Waals surface area contributed by atoms with Crippen molar-refractivity contribution in [2.45, 2.75) is 51.1 Å². The summed E-state index contributed by atoms with van der Waals surface area (Å²) in [6, 6.07) is 11.5. The second-order valence-corrected chi connectivity index (χ2v) is 8.78. The lowest BCUT2D eigenvalue weighted by Gasteiger charge is -2.27. The summed E-state index contributed by atoms with van der Waals surface area (Å²) in [6.07, 6.45) is 3.36. The highest BCUT2D eigenvalue weighted by Crippen LogP contribution is 2.34. The summed E-state index contributed by atoms with van der Waals surface area (Å²) in [5.41, 5.74) is 1.15. The molecule has 2 aromatic carbocycles. The molecule has 2 fully saturated rings. The molecule has 4 rings (SSSR count). The fraction of sp³-hybridized carbons (Fsp3) is 0.360. The lowest BCUT2D eigenvalue weighted by molar-refractivity contribution is -0.124. The van der Waals surface area contributed by atoms with Gasteiger partial charge in [0.05, 0.1) is 24.3 Å². The second kappa shape index (κ2) is 10.3. The Hall–Kier alpha value is -3.39. The van der Waals surface area contributed by atoms with Crippen molar-refractivity contribution < 1.29 is 23.9 Å². The predicted octanol–water partition coefficient (Wildman–Crippen LogP) is 4.63. The van der Waals surface area contributed by atoms with Gasteiger partial charge in [0.15, 0.2) is 0 Å². The van der Waals surface area contributed by atoms with Crippen molar-refractivity contribution in [3.05, 3.63) is 59.1 Å². The molecule has 34 heavy (non-hydrogen) atoms. The Balaban J connectivity index is 1.54. The van der Waals surface area contributed by atoms with Crippen LogP contribution in [0.5, 0.6) is 0 Å². The average Bonchev–Trinajstić information content (AvgIpc) is 3.42. The van der Waals surface area contributed by atoms with Crippen LogP contribution in [0.4, 0.5) is 16.2 Å². The summed E-state index contributed by atoms with van der Waals surface area (Å²) in [5.74, 6) is -1.34. The lowest BCUT2D eigenvalue weighted by Crippen LogP contribution is -2.43. The number of ether oxygens (including phenoxy) is 1. The van der Waals surface area contributed by atoms with Crippen LogP contribution < -0.4 is 10.2 Å². The third-order valence-electron chi connectivity index (χ3n) is 6.09. The van der Waals surface area contributed by atoms with Crippen molar-refractivity contribution in [2.75, 3.05) is 16.8 Å². The fourth-order valence-electron chi connectivity index (χ4n) is 4.54. The van der Waals surface area contributed by atoms with E-state index in [-0.39, 0.29) is 19.1 Å². The van der Waals surface area contributed by atoms with E-state index in [1.165, 1.54) is 6.07 Å². The Kier molecular flexibility index (Phi) is 7.17. The highest BCUT2D eigenvalue weighted by Gasteiger charge is 2.49. The van der Waals surface area contributed by atoms with Gasteiger partial charge in [0.1, 0.15) is 6.04 Å². The van der Waals surface area contributed by atoms with Crippen LogP contribution >= 0.6 is 11.6 Å². The fourth-order valence-corrected chi connectivity index (χ4v) is 4.67. The number of nitrogens with zero attached hydrogens (tertiary/aromatic N) is 2. The molecule has 0 spiro atoms. The molecule has 1 atom stereocenters. The first kappa shape index (κ1) is 23.8. The standard InChI is InChI=1S/C25H26ClN3O5/c1-2-34-24(32)16-6-5-7-18(14-16)27-22(30)15-21-23(31)29(20-12-10-17(26)11-13-20)25(33)28(21)19-8-3-4-9-19/h5-7,10-14,19,21H,2-4,8-9,15H2,1H3,(H,27,30). The van der Waals surface area contributed by atoms with Crippen LogP contribution in [0.25, 0.3) is 0 Å². The van der Waals surface area contributed by atoms with E-state index >= 15 is 0 Å². The molecular formula is C25H26ClN3O5. The number of hydrogen-bond donors (Lipinski definition) is 1. The Bertz CT molecular complexity index is 1100. The van der Waals surface area contributed by atoms with Gasteiger partial charge in [-0.1, -0.05) is 30.5 Å². The smallest absolute Gasteiger partial charge is 0.338 e. The van der Waals surface area contributed by atoms with E-state index in [2.05, 4.69) is 5.32 Å².